The van der Waals surface area contributed by atoms with Crippen LogP contribution in [0.25, 0.3) is 5.69 Å². The average molecular weight is 299 g/mol. The average Bonchev–Trinajstić information content (AvgIpc) is 2.84. The minimum atomic E-state index is -0.942. The van der Waals surface area contributed by atoms with Gasteiger partial charge < -0.3 is 10.0 Å². The number of aromatic nitrogens is 2. The van der Waals surface area contributed by atoms with Gasteiger partial charge in [-0.05, 0) is 31.2 Å². The zero-order chi connectivity index (χ0) is 15.9. The third-order valence-electron chi connectivity index (χ3n) is 4.06. The van der Waals surface area contributed by atoms with Crippen LogP contribution in [0.15, 0.2) is 24.3 Å². The zero-order valence-corrected chi connectivity index (χ0v) is 12.5. The monoisotopic (exact) mass is 299 g/mol. The van der Waals surface area contributed by atoms with Gasteiger partial charge in [-0.3, -0.25) is 4.79 Å². The van der Waals surface area contributed by atoms with Crippen molar-refractivity contribution in [1.82, 2.24) is 14.7 Å². The Labute approximate surface area is 128 Å². The van der Waals surface area contributed by atoms with Crippen molar-refractivity contribution in [2.75, 3.05) is 6.54 Å². The molecule has 3 rings (SSSR count). The van der Waals surface area contributed by atoms with Gasteiger partial charge >= 0.3 is 5.97 Å². The van der Waals surface area contributed by atoms with Crippen molar-refractivity contribution in [2.24, 2.45) is 0 Å². The molecule has 6 nitrogen and oxygen atoms in total. The number of hydrogen-bond acceptors (Lipinski definition) is 3. The molecule has 114 valence electrons. The second-order valence-corrected chi connectivity index (χ2v) is 5.47. The van der Waals surface area contributed by atoms with Gasteiger partial charge in [0.2, 0.25) is 5.91 Å². The molecule has 0 atom stereocenters. The van der Waals surface area contributed by atoms with E-state index in [0.29, 0.717) is 13.1 Å². The summed E-state index contributed by atoms with van der Waals surface area (Å²) in [6.45, 7) is 4.78. The molecule has 2 aromatic rings. The van der Waals surface area contributed by atoms with Gasteiger partial charge in [-0.1, -0.05) is 0 Å². The highest BCUT2D eigenvalue weighted by Gasteiger charge is 2.25. The first-order valence-corrected chi connectivity index (χ1v) is 7.14. The molecule has 0 fully saturated rings. The quantitative estimate of drug-likeness (QED) is 0.917. The van der Waals surface area contributed by atoms with Gasteiger partial charge in [0, 0.05) is 32.0 Å². The van der Waals surface area contributed by atoms with E-state index in [2.05, 4.69) is 5.10 Å². The van der Waals surface area contributed by atoms with Crippen LogP contribution in [0.3, 0.4) is 0 Å². The first-order chi connectivity index (χ1) is 10.5. The van der Waals surface area contributed by atoms with E-state index in [1.807, 2.05) is 16.5 Å². The number of nitrogens with zero attached hydrogens (tertiary/aromatic N) is 3. The minimum absolute atomic E-state index is 0.0728. The van der Waals surface area contributed by atoms with E-state index in [9.17, 15) is 9.59 Å². The third kappa shape index (κ3) is 2.36. The van der Waals surface area contributed by atoms with Gasteiger partial charge in [-0.15, -0.1) is 0 Å². The molecule has 0 bridgehead atoms. The van der Waals surface area contributed by atoms with Crippen LogP contribution >= 0.6 is 0 Å². The van der Waals surface area contributed by atoms with Crippen LogP contribution in [0, 0.1) is 6.92 Å². The fourth-order valence-electron chi connectivity index (χ4n) is 2.81. The number of carbonyl (C=O) groups is 2. The Kier molecular flexibility index (Phi) is 3.44. The zero-order valence-electron chi connectivity index (χ0n) is 12.5. The van der Waals surface area contributed by atoms with Gasteiger partial charge in [-0.2, -0.15) is 5.10 Å². The van der Waals surface area contributed by atoms with Gasteiger partial charge in [0.1, 0.15) is 0 Å². The van der Waals surface area contributed by atoms with Crippen LogP contribution in [0.1, 0.15) is 34.2 Å². The molecule has 0 saturated heterocycles. The summed E-state index contributed by atoms with van der Waals surface area (Å²) in [5, 5.41) is 13.5. The number of carboxylic acids is 1. The highest BCUT2D eigenvalue weighted by atomic mass is 16.4. The normalized spacial score (nSPS) is 13.8. The molecule has 1 aromatic carbocycles. The molecule has 0 spiro atoms. The SMILES string of the molecule is CC(=O)N1CCc2c(c(C)nn2-c2ccc(C(=O)O)cc2)C1. The van der Waals surface area contributed by atoms with E-state index in [4.69, 9.17) is 5.11 Å². The fraction of sp³-hybridized carbons (Fsp3) is 0.312. The molecule has 0 unspecified atom stereocenters. The van der Waals surface area contributed by atoms with Crippen molar-refractivity contribution in [3.8, 4) is 5.69 Å². The first kappa shape index (κ1) is 14.3. The van der Waals surface area contributed by atoms with E-state index in [1.54, 1.807) is 31.2 Å². The smallest absolute Gasteiger partial charge is 0.335 e. The van der Waals surface area contributed by atoms with Crippen LogP contribution in [-0.4, -0.2) is 38.2 Å². The molecule has 1 N–H and O–H groups in total. The molecule has 6 heteroatoms. The summed E-state index contributed by atoms with van der Waals surface area (Å²) in [4.78, 5) is 24.3. The van der Waals surface area contributed by atoms with Crippen LogP contribution in [0.5, 0.6) is 0 Å². The molecule has 0 saturated carbocycles. The molecular weight excluding hydrogens is 282 g/mol. The molecule has 1 aliphatic heterocycles. The van der Waals surface area contributed by atoms with Crippen molar-refractivity contribution in [3.05, 3.63) is 46.8 Å². The van der Waals surface area contributed by atoms with Crippen LogP contribution in [-0.2, 0) is 17.8 Å². The maximum absolute atomic E-state index is 11.5. The van der Waals surface area contributed by atoms with E-state index in [0.717, 1.165) is 29.1 Å². The highest BCUT2D eigenvalue weighted by Crippen LogP contribution is 2.25. The summed E-state index contributed by atoms with van der Waals surface area (Å²) in [7, 11) is 0. The van der Waals surface area contributed by atoms with Gasteiger partial charge in [0.15, 0.2) is 0 Å². The number of aryl methyl sites for hydroxylation is 1. The molecule has 0 radical (unpaired) electrons. The van der Waals surface area contributed by atoms with Gasteiger partial charge in [0.25, 0.3) is 0 Å². The molecule has 1 aromatic heterocycles. The van der Waals surface area contributed by atoms with E-state index < -0.39 is 5.97 Å². The second-order valence-electron chi connectivity index (χ2n) is 5.47. The lowest BCUT2D eigenvalue weighted by atomic mass is 10.1. The topological polar surface area (TPSA) is 75.4 Å². The molecular formula is C16H17N3O3. The Morgan fingerprint density at radius 3 is 2.50 bits per heavy atom. The molecule has 22 heavy (non-hydrogen) atoms. The van der Waals surface area contributed by atoms with Crippen molar-refractivity contribution in [2.45, 2.75) is 26.8 Å². The number of hydrogen-bond donors (Lipinski definition) is 1. The Morgan fingerprint density at radius 2 is 1.91 bits per heavy atom. The summed E-state index contributed by atoms with van der Waals surface area (Å²) in [6, 6.07) is 6.67. The number of carboxylic acid groups (broad SMARTS) is 1. The maximum atomic E-state index is 11.5. The summed E-state index contributed by atoms with van der Waals surface area (Å²) in [5.41, 5.74) is 4.18. The predicted molar refractivity (Wildman–Crippen MR) is 80.1 cm³/mol. The van der Waals surface area contributed by atoms with Crippen LogP contribution < -0.4 is 0 Å². The Hall–Kier alpha value is -2.63. The van der Waals surface area contributed by atoms with E-state index in [1.165, 1.54) is 0 Å². The van der Waals surface area contributed by atoms with Gasteiger partial charge in [0.05, 0.1) is 22.6 Å². The van der Waals surface area contributed by atoms with Gasteiger partial charge in [-0.25, -0.2) is 9.48 Å². The summed E-state index contributed by atoms with van der Waals surface area (Å²) in [5.74, 6) is -0.870. The highest BCUT2D eigenvalue weighted by molar-refractivity contribution is 5.87. The largest absolute Gasteiger partial charge is 0.478 e. The fourth-order valence-corrected chi connectivity index (χ4v) is 2.81. The number of fused-ring (bicyclic) bond motifs is 1. The van der Waals surface area contributed by atoms with Crippen molar-refractivity contribution >= 4 is 11.9 Å². The summed E-state index contributed by atoms with van der Waals surface area (Å²) >= 11 is 0. The Balaban J connectivity index is 1.98. The van der Waals surface area contributed by atoms with Crippen molar-refractivity contribution < 1.29 is 14.7 Å². The molecule has 1 aliphatic rings. The first-order valence-electron chi connectivity index (χ1n) is 7.14. The standard InChI is InChI=1S/C16H17N3O3/c1-10-14-9-18(11(2)20)8-7-15(14)19(17-10)13-5-3-12(4-6-13)16(21)22/h3-6H,7-9H2,1-2H3,(H,21,22). The number of carbonyl (C=O) groups excluding carboxylic acids is 1. The third-order valence-corrected chi connectivity index (χ3v) is 4.06. The Morgan fingerprint density at radius 1 is 1.23 bits per heavy atom. The number of aromatic carboxylic acids is 1. The number of amides is 1. The minimum Gasteiger partial charge on any atom is -0.478 e. The summed E-state index contributed by atoms with van der Waals surface area (Å²) < 4.78 is 1.85. The number of rotatable bonds is 2. The van der Waals surface area contributed by atoms with Crippen LogP contribution in [0.4, 0.5) is 0 Å². The van der Waals surface area contributed by atoms with Crippen molar-refractivity contribution in [3.63, 3.8) is 0 Å². The molecule has 1 amide bonds. The maximum Gasteiger partial charge on any atom is 0.335 e. The van der Waals surface area contributed by atoms with E-state index in [-0.39, 0.29) is 11.5 Å². The predicted octanol–water partition coefficient (Wildman–Crippen LogP) is 1.78. The van der Waals surface area contributed by atoms with Crippen molar-refractivity contribution in [1.29, 1.82) is 0 Å². The second kappa shape index (κ2) is 5.29. The lowest BCUT2D eigenvalue weighted by molar-refractivity contribution is -0.129. The summed E-state index contributed by atoms with van der Waals surface area (Å²) in [6.07, 6.45) is 0.746. The molecule has 2 heterocycles. The molecule has 0 aliphatic carbocycles. The lowest BCUT2D eigenvalue weighted by Gasteiger charge is -2.26. The number of benzene rings is 1. The Bertz CT molecular complexity index is 747. The van der Waals surface area contributed by atoms with Crippen LogP contribution in [0.2, 0.25) is 0 Å². The van der Waals surface area contributed by atoms with E-state index >= 15 is 0 Å². The lowest BCUT2D eigenvalue weighted by Crippen LogP contribution is -2.34.